The minimum Gasteiger partial charge on any atom is -0.181 e. The molecule has 0 spiro atoms. The molecule has 0 amide bonds. The summed E-state index contributed by atoms with van der Waals surface area (Å²) in [5, 5.41) is 9.21. The maximum Gasteiger partial charge on any atom is 0.0954 e. The molecule has 1 unspecified atom stereocenters. The Labute approximate surface area is 177 Å². The molecule has 0 aliphatic carbocycles. The van der Waals surface area contributed by atoms with Gasteiger partial charge in [0.05, 0.1) is 11.7 Å². The van der Waals surface area contributed by atoms with E-state index < -0.39 is 0 Å². The van der Waals surface area contributed by atoms with Gasteiger partial charge in [-0.1, -0.05) is 0 Å². The lowest BCUT2D eigenvalue weighted by atomic mass is 9.86. The summed E-state index contributed by atoms with van der Waals surface area (Å²) in [6.45, 7) is 22.4. The van der Waals surface area contributed by atoms with Crippen molar-refractivity contribution >= 4 is 0 Å². The summed E-state index contributed by atoms with van der Waals surface area (Å²) in [6.07, 6.45) is 4.10. The van der Waals surface area contributed by atoms with Crippen molar-refractivity contribution in [2.45, 2.75) is 88.1 Å². The van der Waals surface area contributed by atoms with Gasteiger partial charge in [-0.25, -0.2) is 0 Å². The molecule has 2 heteroatoms. The first-order chi connectivity index (χ1) is 13.5. The third-order valence-electron chi connectivity index (χ3n) is 7.80. The fourth-order valence-electron chi connectivity index (χ4n) is 4.75. The van der Waals surface area contributed by atoms with Crippen LogP contribution in [0.2, 0.25) is 0 Å². The van der Waals surface area contributed by atoms with Gasteiger partial charge in [0, 0.05) is 12.8 Å². The van der Waals surface area contributed by atoms with Gasteiger partial charge in [0.15, 0.2) is 0 Å². The van der Waals surface area contributed by atoms with Crippen LogP contribution in [-0.4, -0.2) is 6.04 Å². The van der Waals surface area contributed by atoms with Crippen molar-refractivity contribution in [3.05, 3.63) is 78.5 Å². The van der Waals surface area contributed by atoms with Crippen LogP contribution in [0, 0.1) is 69.2 Å². The zero-order valence-electron chi connectivity index (χ0n) is 20.0. The Kier molecular flexibility index (Phi) is 5.85. The van der Waals surface area contributed by atoms with Crippen LogP contribution in [0.15, 0.2) is 22.0 Å². The van der Waals surface area contributed by atoms with E-state index in [0.29, 0.717) is 0 Å². The first kappa shape index (κ1) is 21.5. The second kappa shape index (κ2) is 7.89. The van der Waals surface area contributed by atoms with Crippen molar-refractivity contribution in [1.29, 1.82) is 0 Å². The smallest absolute Gasteiger partial charge is 0.0954 e. The summed E-state index contributed by atoms with van der Waals surface area (Å²) < 4.78 is 0. The molecule has 154 valence electrons. The Hall–Kier alpha value is -2.22. The average molecular weight is 389 g/mol. The molecule has 0 saturated carbocycles. The quantitative estimate of drug-likeness (QED) is 0.526. The van der Waals surface area contributed by atoms with Gasteiger partial charge < -0.3 is 0 Å². The topological polar surface area (TPSA) is 24.7 Å². The van der Waals surface area contributed by atoms with E-state index in [2.05, 4.69) is 85.5 Å². The van der Waals surface area contributed by atoms with Crippen LogP contribution in [0.5, 0.6) is 0 Å². The Morgan fingerprint density at radius 2 is 0.931 bits per heavy atom. The summed E-state index contributed by atoms with van der Waals surface area (Å²) in [7, 11) is 0. The van der Waals surface area contributed by atoms with Gasteiger partial charge in [-0.3, -0.25) is 0 Å². The average Bonchev–Trinajstić information content (AvgIpc) is 3.15. The third kappa shape index (κ3) is 3.70. The van der Waals surface area contributed by atoms with E-state index in [4.69, 9.17) is 0 Å². The summed E-state index contributed by atoms with van der Waals surface area (Å²) in [6, 6.07) is 0.150. The van der Waals surface area contributed by atoms with E-state index in [9.17, 15) is 0 Å². The lowest BCUT2D eigenvalue weighted by Crippen LogP contribution is -2.10. The summed E-state index contributed by atoms with van der Waals surface area (Å²) >= 11 is 0. The molecule has 0 saturated heterocycles. The van der Waals surface area contributed by atoms with Crippen LogP contribution in [0.3, 0.4) is 0 Å². The van der Waals surface area contributed by atoms with Gasteiger partial charge in [-0.2, -0.15) is 10.2 Å². The molecular formula is C27H36N2. The molecule has 0 fully saturated rings. The standard InChI is InChI=1S/C27H36N2/c1-14-16(3)20(7)26(21(8)17(14)4)12-24-11-25(29-28-24)13-27-22(9)18(5)15(2)19(6)23(27)10/h11,24H,12-13H2,1-10H3. The van der Waals surface area contributed by atoms with E-state index in [1.54, 1.807) is 0 Å². The molecule has 0 N–H and O–H groups in total. The van der Waals surface area contributed by atoms with Crippen LogP contribution in [0.1, 0.15) is 66.8 Å². The van der Waals surface area contributed by atoms with Crippen LogP contribution >= 0.6 is 0 Å². The molecule has 29 heavy (non-hydrogen) atoms. The molecular weight excluding hydrogens is 352 g/mol. The molecule has 2 aromatic carbocycles. The van der Waals surface area contributed by atoms with Gasteiger partial charge in [-0.15, -0.1) is 0 Å². The van der Waals surface area contributed by atoms with Crippen LogP contribution in [0.4, 0.5) is 0 Å². The van der Waals surface area contributed by atoms with Crippen molar-refractivity contribution in [2.24, 2.45) is 10.2 Å². The predicted octanol–water partition coefficient (Wildman–Crippen LogP) is 7.27. The molecule has 2 nitrogen and oxygen atoms in total. The minimum atomic E-state index is 0.150. The van der Waals surface area contributed by atoms with Crippen molar-refractivity contribution in [3.63, 3.8) is 0 Å². The number of allylic oxidation sites excluding steroid dienone is 1. The molecule has 1 heterocycles. The zero-order valence-corrected chi connectivity index (χ0v) is 20.0. The van der Waals surface area contributed by atoms with Gasteiger partial charge in [0.2, 0.25) is 0 Å². The van der Waals surface area contributed by atoms with E-state index >= 15 is 0 Å². The van der Waals surface area contributed by atoms with E-state index in [1.165, 1.54) is 66.8 Å². The Bertz CT molecular complexity index is 993. The number of azo groups is 1. The van der Waals surface area contributed by atoms with Crippen molar-refractivity contribution in [3.8, 4) is 0 Å². The third-order valence-corrected chi connectivity index (χ3v) is 7.80. The lowest BCUT2D eigenvalue weighted by Gasteiger charge is -2.19. The first-order valence-corrected chi connectivity index (χ1v) is 10.8. The lowest BCUT2D eigenvalue weighted by molar-refractivity contribution is 0.781. The van der Waals surface area contributed by atoms with Crippen molar-refractivity contribution in [2.75, 3.05) is 0 Å². The molecule has 1 aliphatic heterocycles. The second-order valence-electron chi connectivity index (χ2n) is 9.03. The van der Waals surface area contributed by atoms with Crippen LogP contribution in [0.25, 0.3) is 0 Å². The van der Waals surface area contributed by atoms with E-state index in [-0.39, 0.29) is 6.04 Å². The molecule has 3 rings (SSSR count). The summed E-state index contributed by atoms with van der Waals surface area (Å²) in [5.74, 6) is 0. The highest BCUT2D eigenvalue weighted by Gasteiger charge is 2.20. The SMILES string of the molecule is Cc1c(C)c(C)c(CC2=CC(Cc3c(C)c(C)c(C)c(C)c3C)N=N2)c(C)c1C. The fraction of sp³-hybridized carbons (Fsp3) is 0.481. The number of hydrogen-bond acceptors (Lipinski definition) is 2. The molecule has 1 aliphatic rings. The predicted molar refractivity (Wildman–Crippen MR) is 124 cm³/mol. The maximum absolute atomic E-state index is 4.63. The number of hydrogen-bond donors (Lipinski definition) is 0. The number of nitrogens with zero attached hydrogens (tertiary/aromatic N) is 2. The minimum absolute atomic E-state index is 0.150. The van der Waals surface area contributed by atoms with Gasteiger partial charge >= 0.3 is 0 Å². The first-order valence-electron chi connectivity index (χ1n) is 10.8. The van der Waals surface area contributed by atoms with Gasteiger partial charge in [0.25, 0.3) is 0 Å². The normalized spacial score (nSPS) is 15.9. The largest absolute Gasteiger partial charge is 0.181 e. The molecule has 0 radical (unpaired) electrons. The second-order valence-corrected chi connectivity index (χ2v) is 9.03. The van der Waals surface area contributed by atoms with Gasteiger partial charge in [-0.05, 0) is 142 Å². The summed E-state index contributed by atoms with van der Waals surface area (Å²) in [5.41, 5.74) is 18.1. The fourth-order valence-corrected chi connectivity index (χ4v) is 4.75. The molecule has 0 aromatic heterocycles. The maximum atomic E-state index is 4.63. The Morgan fingerprint density at radius 1 is 0.552 bits per heavy atom. The highest BCUT2D eigenvalue weighted by Crippen LogP contribution is 2.31. The highest BCUT2D eigenvalue weighted by molar-refractivity contribution is 5.52. The summed E-state index contributed by atoms with van der Waals surface area (Å²) in [4.78, 5) is 0. The van der Waals surface area contributed by atoms with Crippen LogP contribution < -0.4 is 0 Å². The number of rotatable bonds is 4. The molecule has 2 aromatic rings. The van der Waals surface area contributed by atoms with E-state index in [1.807, 2.05) is 0 Å². The Morgan fingerprint density at radius 3 is 1.38 bits per heavy atom. The van der Waals surface area contributed by atoms with E-state index in [0.717, 1.165) is 18.5 Å². The molecule has 1 atom stereocenters. The zero-order chi connectivity index (χ0) is 21.6. The van der Waals surface area contributed by atoms with Gasteiger partial charge in [0.1, 0.15) is 0 Å². The number of benzene rings is 2. The molecule has 0 bridgehead atoms. The highest BCUT2D eigenvalue weighted by atomic mass is 15.2. The van der Waals surface area contributed by atoms with Crippen molar-refractivity contribution < 1.29 is 0 Å². The monoisotopic (exact) mass is 388 g/mol. The van der Waals surface area contributed by atoms with Crippen molar-refractivity contribution in [1.82, 2.24) is 0 Å². The Balaban J connectivity index is 1.88. The van der Waals surface area contributed by atoms with Crippen LogP contribution in [-0.2, 0) is 12.8 Å².